The number of halogens is 1. The van der Waals surface area contributed by atoms with E-state index in [1.165, 1.54) is 0 Å². The zero-order chi connectivity index (χ0) is 28.1. The molecule has 4 aromatic rings. The molecule has 0 spiro atoms. The molecular weight excluding hydrogens is 545 g/mol. The smallest absolute Gasteiger partial charge is 0.262 e. The molecule has 2 heterocycles. The Bertz CT molecular complexity index is 1650. The van der Waals surface area contributed by atoms with E-state index >= 15 is 4.39 Å². The van der Waals surface area contributed by atoms with Crippen LogP contribution >= 0.6 is 0 Å². The van der Waals surface area contributed by atoms with Gasteiger partial charge in [-0.05, 0) is 71.8 Å². The van der Waals surface area contributed by atoms with Crippen LogP contribution in [0.2, 0.25) is 0 Å². The molecule has 2 aliphatic carbocycles. The lowest BCUT2D eigenvalue weighted by Crippen LogP contribution is -2.35. The Labute approximate surface area is 239 Å². The van der Waals surface area contributed by atoms with Gasteiger partial charge in [0, 0.05) is 37.4 Å². The minimum absolute atomic E-state index is 0.0916. The molecule has 2 N–H and O–H groups in total. The molecule has 3 aliphatic rings. The number of hydrogen-bond acceptors (Lipinski definition) is 7. The molecule has 41 heavy (non-hydrogen) atoms. The molecule has 1 fully saturated rings. The number of aromatic nitrogens is 1. The summed E-state index contributed by atoms with van der Waals surface area (Å²) in [7, 11) is 0. The molecule has 7 rings (SSSR count). The van der Waals surface area contributed by atoms with Gasteiger partial charge in [0.15, 0.2) is 22.9 Å². The van der Waals surface area contributed by atoms with Crippen molar-refractivity contribution >= 4 is 28.4 Å². The SMILES string of the molecule is Cc1c(-c2ccc3c(c2)OCCO3)cccc1-c1nc2cc3c(c(F)c2o1)CCC3NCCC(=O)N[S+]([O-])C1CC1. The van der Waals surface area contributed by atoms with E-state index in [0.717, 1.165) is 52.8 Å². The molecule has 1 aliphatic heterocycles. The fraction of sp³-hybridized carbons (Fsp3) is 0.355. The third-order valence-corrected chi connectivity index (χ3v) is 9.52. The van der Waals surface area contributed by atoms with E-state index < -0.39 is 11.4 Å². The van der Waals surface area contributed by atoms with Crippen LogP contribution in [0.15, 0.2) is 46.9 Å². The van der Waals surface area contributed by atoms with Gasteiger partial charge in [-0.3, -0.25) is 4.79 Å². The van der Waals surface area contributed by atoms with Crippen molar-refractivity contribution in [1.29, 1.82) is 0 Å². The third kappa shape index (κ3) is 5.05. The largest absolute Gasteiger partial charge is 0.593 e. The number of ether oxygens (including phenoxy) is 2. The number of oxazole rings is 1. The molecular formula is C31H30FN3O5S. The summed E-state index contributed by atoms with van der Waals surface area (Å²) in [4.78, 5) is 16.8. The average molecular weight is 576 g/mol. The van der Waals surface area contributed by atoms with Crippen LogP contribution < -0.4 is 19.5 Å². The molecule has 0 bridgehead atoms. The monoisotopic (exact) mass is 575 g/mol. The van der Waals surface area contributed by atoms with Crippen LogP contribution in [0.3, 0.4) is 0 Å². The summed E-state index contributed by atoms with van der Waals surface area (Å²) in [5, 5.41) is 3.47. The number of amides is 1. The predicted molar refractivity (Wildman–Crippen MR) is 154 cm³/mol. The lowest BCUT2D eigenvalue weighted by atomic mass is 9.96. The zero-order valence-electron chi connectivity index (χ0n) is 22.6. The van der Waals surface area contributed by atoms with Crippen LogP contribution in [-0.2, 0) is 22.6 Å². The molecule has 1 aromatic heterocycles. The van der Waals surface area contributed by atoms with Gasteiger partial charge in [-0.2, -0.15) is 4.72 Å². The molecule has 10 heteroatoms. The quantitative estimate of drug-likeness (QED) is 0.275. The fourth-order valence-electron chi connectivity index (χ4n) is 5.70. The summed E-state index contributed by atoms with van der Waals surface area (Å²) in [5.41, 5.74) is 5.83. The highest BCUT2D eigenvalue weighted by Crippen LogP contribution is 2.41. The van der Waals surface area contributed by atoms with Crippen LogP contribution in [0.1, 0.15) is 48.4 Å². The zero-order valence-corrected chi connectivity index (χ0v) is 23.4. The molecule has 3 aromatic carbocycles. The van der Waals surface area contributed by atoms with Crippen LogP contribution in [0.5, 0.6) is 11.5 Å². The number of nitrogens with zero attached hydrogens (tertiary/aromatic N) is 1. The number of benzene rings is 3. The highest BCUT2D eigenvalue weighted by atomic mass is 32.2. The summed E-state index contributed by atoms with van der Waals surface area (Å²) in [6.45, 7) is 3.47. The van der Waals surface area contributed by atoms with Crippen molar-refractivity contribution in [2.45, 2.75) is 50.3 Å². The number of rotatable bonds is 8. The van der Waals surface area contributed by atoms with E-state index in [0.29, 0.717) is 48.9 Å². The lowest BCUT2D eigenvalue weighted by molar-refractivity contribution is -0.119. The van der Waals surface area contributed by atoms with Crippen LogP contribution in [-0.4, -0.2) is 40.5 Å². The Balaban J connectivity index is 1.12. The van der Waals surface area contributed by atoms with E-state index in [1.807, 2.05) is 49.4 Å². The first-order chi connectivity index (χ1) is 20.0. The number of fused-ring (bicyclic) bond motifs is 3. The molecule has 2 unspecified atom stereocenters. The highest BCUT2D eigenvalue weighted by molar-refractivity contribution is 7.90. The van der Waals surface area contributed by atoms with Crippen molar-refractivity contribution < 1.29 is 27.6 Å². The standard InChI is InChI=1S/C31H30FN3O5S/c1-17-20(18-5-10-26-27(15-18)39-14-13-38-26)3-2-4-21(17)31-34-25-16-23-22(29(32)30(25)40-31)8-9-24(23)33-12-11-28(36)35-41(37)19-6-7-19/h2-5,10,15-16,19,24,33H,6-9,11-14H2,1H3,(H,35,36). The maximum atomic E-state index is 15.7. The Morgan fingerprint density at radius 3 is 2.73 bits per heavy atom. The summed E-state index contributed by atoms with van der Waals surface area (Å²) in [5.74, 6) is 1.20. The van der Waals surface area contributed by atoms with Gasteiger partial charge in [0.05, 0.1) is 11.4 Å². The van der Waals surface area contributed by atoms with E-state index in [-0.39, 0.29) is 35.0 Å². The predicted octanol–water partition coefficient (Wildman–Crippen LogP) is 5.29. The second kappa shape index (κ2) is 10.7. The van der Waals surface area contributed by atoms with Gasteiger partial charge >= 0.3 is 0 Å². The van der Waals surface area contributed by atoms with Crippen molar-refractivity contribution in [2.24, 2.45) is 0 Å². The normalized spacial score (nSPS) is 18.4. The number of nitrogens with one attached hydrogen (secondary N) is 2. The summed E-state index contributed by atoms with van der Waals surface area (Å²) < 4.78 is 47.6. The molecule has 0 radical (unpaired) electrons. The van der Waals surface area contributed by atoms with E-state index in [4.69, 9.17) is 18.9 Å². The van der Waals surface area contributed by atoms with Gasteiger partial charge in [-0.25, -0.2) is 9.37 Å². The average Bonchev–Trinajstić information content (AvgIpc) is 3.63. The van der Waals surface area contributed by atoms with Gasteiger partial charge in [-0.1, -0.05) is 18.2 Å². The first kappa shape index (κ1) is 26.3. The Morgan fingerprint density at radius 1 is 1.10 bits per heavy atom. The van der Waals surface area contributed by atoms with Crippen molar-refractivity contribution in [2.75, 3.05) is 19.8 Å². The molecule has 0 saturated heterocycles. The van der Waals surface area contributed by atoms with Crippen LogP contribution in [0.4, 0.5) is 4.39 Å². The summed E-state index contributed by atoms with van der Waals surface area (Å²) in [6, 6.07) is 13.6. The summed E-state index contributed by atoms with van der Waals surface area (Å²) >= 11 is -1.29. The molecule has 1 saturated carbocycles. The Morgan fingerprint density at radius 2 is 1.90 bits per heavy atom. The second-order valence-corrected chi connectivity index (χ2v) is 12.2. The first-order valence-electron chi connectivity index (χ1n) is 14.0. The van der Waals surface area contributed by atoms with Crippen molar-refractivity contribution in [1.82, 2.24) is 15.0 Å². The van der Waals surface area contributed by atoms with E-state index in [2.05, 4.69) is 10.0 Å². The Hall–Kier alpha value is -3.60. The number of hydrogen-bond donors (Lipinski definition) is 2. The molecule has 8 nitrogen and oxygen atoms in total. The van der Waals surface area contributed by atoms with E-state index in [1.54, 1.807) is 0 Å². The van der Waals surface area contributed by atoms with Crippen molar-refractivity contribution in [3.8, 4) is 34.1 Å². The van der Waals surface area contributed by atoms with Crippen molar-refractivity contribution in [3.05, 3.63) is 65.0 Å². The molecule has 2 atom stereocenters. The minimum atomic E-state index is -1.29. The fourth-order valence-corrected chi connectivity index (χ4v) is 6.76. The van der Waals surface area contributed by atoms with Crippen LogP contribution in [0.25, 0.3) is 33.7 Å². The van der Waals surface area contributed by atoms with Gasteiger partial charge < -0.3 is 23.8 Å². The molecule has 212 valence electrons. The van der Waals surface area contributed by atoms with Gasteiger partial charge in [0.25, 0.3) is 5.91 Å². The van der Waals surface area contributed by atoms with Gasteiger partial charge in [-0.15, -0.1) is 0 Å². The topological polar surface area (TPSA) is 109 Å². The van der Waals surface area contributed by atoms with Crippen molar-refractivity contribution in [3.63, 3.8) is 0 Å². The van der Waals surface area contributed by atoms with Gasteiger partial charge in [0.1, 0.15) is 24.0 Å². The first-order valence-corrected chi connectivity index (χ1v) is 15.2. The number of carbonyl (C=O) groups is 1. The minimum Gasteiger partial charge on any atom is -0.593 e. The third-order valence-electron chi connectivity index (χ3n) is 8.02. The second-order valence-electron chi connectivity index (χ2n) is 10.8. The summed E-state index contributed by atoms with van der Waals surface area (Å²) in [6.07, 6.45) is 3.30. The van der Waals surface area contributed by atoms with E-state index in [9.17, 15) is 9.35 Å². The number of carbonyl (C=O) groups excluding carboxylic acids is 1. The highest BCUT2D eigenvalue weighted by Gasteiger charge is 2.36. The lowest BCUT2D eigenvalue weighted by Gasteiger charge is -2.19. The van der Waals surface area contributed by atoms with Gasteiger partial charge in [0.2, 0.25) is 5.89 Å². The van der Waals surface area contributed by atoms with Crippen LogP contribution in [0, 0.1) is 12.7 Å². The maximum Gasteiger partial charge on any atom is 0.262 e. The maximum absolute atomic E-state index is 15.7. The Kier molecular flexibility index (Phi) is 6.84. The molecule has 1 amide bonds.